The minimum absolute atomic E-state index is 0.203. The Labute approximate surface area is 219 Å². The summed E-state index contributed by atoms with van der Waals surface area (Å²) in [5, 5.41) is 11.9. The molecule has 0 spiro atoms. The molecule has 4 rings (SSSR count). The summed E-state index contributed by atoms with van der Waals surface area (Å²) in [7, 11) is 0. The number of hydrogen-bond acceptors (Lipinski definition) is 6. The number of nitrogens with one attached hydrogen (secondary N) is 3. The van der Waals surface area contributed by atoms with Gasteiger partial charge in [-0.2, -0.15) is 15.0 Å². The van der Waals surface area contributed by atoms with E-state index >= 15 is 0 Å². The maximum atomic E-state index is 6.28. The Morgan fingerprint density at radius 1 is 0.424 bits per heavy atom. The largest absolute Gasteiger partial charge is 0.323 e. The summed E-state index contributed by atoms with van der Waals surface area (Å²) in [5.41, 5.74) is 1.66. The van der Waals surface area contributed by atoms with E-state index in [1.807, 2.05) is 0 Å². The Kier molecular flexibility index (Phi) is 7.54. The molecule has 1 aromatic heterocycles. The molecule has 12 heteroatoms. The second kappa shape index (κ2) is 10.4. The van der Waals surface area contributed by atoms with Gasteiger partial charge < -0.3 is 16.0 Å². The SMILES string of the molecule is Clc1ccc(Nc2nc(Nc3ccc(Cl)cc3Cl)nc(Nc3ccc(Cl)cc3Cl)n2)c(Cl)c1. The summed E-state index contributed by atoms with van der Waals surface area (Å²) in [6, 6.07) is 15.0. The molecule has 0 aliphatic rings. The van der Waals surface area contributed by atoms with E-state index in [1.165, 1.54) is 0 Å². The first-order valence-corrected chi connectivity index (χ1v) is 11.5. The van der Waals surface area contributed by atoms with E-state index in [9.17, 15) is 0 Å². The molecule has 0 saturated heterocycles. The van der Waals surface area contributed by atoms with E-state index in [-0.39, 0.29) is 17.8 Å². The van der Waals surface area contributed by atoms with Crippen LogP contribution in [-0.4, -0.2) is 15.0 Å². The van der Waals surface area contributed by atoms with Gasteiger partial charge in [-0.15, -0.1) is 0 Å². The van der Waals surface area contributed by atoms with E-state index in [1.54, 1.807) is 54.6 Å². The maximum Gasteiger partial charge on any atom is 0.233 e. The summed E-state index contributed by atoms with van der Waals surface area (Å²) in [4.78, 5) is 13.2. The molecule has 0 amide bonds. The fourth-order valence-corrected chi connectivity index (χ4v) is 4.04. The summed E-state index contributed by atoms with van der Waals surface area (Å²) >= 11 is 36.8. The number of anilines is 6. The molecule has 0 aliphatic heterocycles. The van der Waals surface area contributed by atoms with E-state index in [2.05, 4.69) is 30.9 Å². The summed E-state index contributed by atoms with van der Waals surface area (Å²) in [6.45, 7) is 0. The first-order chi connectivity index (χ1) is 15.8. The van der Waals surface area contributed by atoms with Crippen molar-refractivity contribution in [2.75, 3.05) is 16.0 Å². The predicted molar refractivity (Wildman–Crippen MR) is 139 cm³/mol. The lowest BCUT2D eigenvalue weighted by molar-refractivity contribution is 1.06. The van der Waals surface area contributed by atoms with Crippen LogP contribution in [0.15, 0.2) is 54.6 Å². The van der Waals surface area contributed by atoms with Crippen LogP contribution >= 0.6 is 69.6 Å². The van der Waals surface area contributed by atoms with Gasteiger partial charge in [0.15, 0.2) is 0 Å². The quantitative estimate of drug-likeness (QED) is 0.218. The van der Waals surface area contributed by atoms with Crippen LogP contribution in [0.1, 0.15) is 0 Å². The fourth-order valence-electron chi connectivity index (χ4n) is 2.68. The maximum absolute atomic E-state index is 6.28. The molecule has 0 radical (unpaired) electrons. The van der Waals surface area contributed by atoms with Gasteiger partial charge >= 0.3 is 0 Å². The molecule has 0 bridgehead atoms. The Hall–Kier alpha value is -2.19. The second-order valence-corrected chi connectivity index (χ2v) is 9.08. The van der Waals surface area contributed by atoms with Gasteiger partial charge in [-0.3, -0.25) is 0 Å². The first kappa shape index (κ1) is 24.0. The highest BCUT2D eigenvalue weighted by Crippen LogP contribution is 2.31. The Morgan fingerprint density at radius 2 is 0.697 bits per heavy atom. The molecule has 0 aliphatic carbocycles. The van der Waals surface area contributed by atoms with Crippen molar-refractivity contribution < 1.29 is 0 Å². The van der Waals surface area contributed by atoms with Crippen LogP contribution in [0.4, 0.5) is 34.9 Å². The molecule has 168 valence electrons. The number of hydrogen-bond donors (Lipinski definition) is 3. The number of nitrogens with zero attached hydrogens (tertiary/aromatic N) is 3. The van der Waals surface area contributed by atoms with Crippen molar-refractivity contribution >= 4 is 105 Å². The fraction of sp³-hybridized carbons (Fsp3) is 0. The van der Waals surface area contributed by atoms with Gasteiger partial charge in [0.25, 0.3) is 0 Å². The van der Waals surface area contributed by atoms with E-state index in [0.29, 0.717) is 47.2 Å². The average molecular weight is 561 g/mol. The third kappa shape index (κ3) is 6.23. The van der Waals surface area contributed by atoms with Gasteiger partial charge in [0.1, 0.15) is 0 Å². The number of rotatable bonds is 6. The average Bonchev–Trinajstić information content (AvgIpc) is 2.74. The monoisotopic (exact) mass is 558 g/mol. The van der Waals surface area contributed by atoms with E-state index in [0.717, 1.165) is 0 Å². The smallest absolute Gasteiger partial charge is 0.233 e. The predicted octanol–water partition coefficient (Wildman–Crippen LogP) is 9.02. The van der Waals surface area contributed by atoms with Crippen molar-refractivity contribution in [3.8, 4) is 0 Å². The summed E-state index contributed by atoms with van der Waals surface area (Å²) < 4.78 is 0. The molecule has 33 heavy (non-hydrogen) atoms. The minimum Gasteiger partial charge on any atom is -0.323 e. The molecule has 0 unspecified atom stereocenters. The highest BCUT2D eigenvalue weighted by molar-refractivity contribution is 6.37. The number of halogens is 6. The lowest BCUT2D eigenvalue weighted by atomic mass is 10.3. The zero-order valence-corrected chi connectivity index (χ0v) is 20.8. The molecule has 3 aromatic carbocycles. The topological polar surface area (TPSA) is 74.8 Å². The minimum atomic E-state index is 0.203. The van der Waals surface area contributed by atoms with Gasteiger partial charge in [0.2, 0.25) is 17.8 Å². The molecule has 6 nitrogen and oxygen atoms in total. The van der Waals surface area contributed by atoms with Crippen LogP contribution in [0.2, 0.25) is 30.1 Å². The molecule has 1 heterocycles. The number of benzene rings is 3. The highest BCUT2D eigenvalue weighted by atomic mass is 35.5. The highest BCUT2D eigenvalue weighted by Gasteiger charge is 2.12. The first-order valence-electron chi connectivity index (χ1n) is 9.19. The third-order valence-corrected chi connectivity index (χ3v) is 5.81. The van der Waals surface area contributed by atoms with Gasteiger partial charge in [-0.05, 0) is 54.6 Å². The molecule has 0 saturated carbocycles. The Morgan fingerprint density at radius 3 is 0.939 bits per heavy atom. The van der Waals surface area contributed by atoms with Crippen LogP contribution in [0.3, 0.4) is 0 Å². The molecular weight excluding hydrogens is 549 g/mol. The van der Waals surface area contributed by atoms with E-state index in [4.69, 9.17) is 69.6 Å². The van der Waals surface area contributed by atoms with Crippen LogP contribution in [0, 0.1) is 0 Å². The summed E-state index contributed by atoms with van der Waals surface area (Å²) in [5.74, 6) is 0.609. The van der Waals surface area contributed by atoms with Crippen molar-refractivity contribution in [1.29, 1.82) is 0 Å². The van der Waals surface area contributed by atoms with Gasteiger partial charge in [-0.1, -0.05) is 69.6 Å². The van der Waals surface area contributed by atoms with Crippen molar-refractivity contribution in [2.24, 2.45) is 0 Å². The normalized spacial score (nSPS) is 10.7. The van der Waals surface area contributed by atoms with Crippen LogP contribution < -0.4 is 16.0 Å². The number of aromatic nitrogens is 3. The Balaban J connectivity index is 1.71. The van der Waals surface area contributed by atoms with Gasteiger partial charge in [0.05, 0.1) is 32.1 Å². The van der Waals surface area contributed by atoms with Crippen molar-refractivity contribution in [1.82, 2.24) is 15.0 Å². The van der Waals surface area contributed by atoms with Crippen molar-refractivity contribution in [3.05, 3.63) is 84.7 Å². The molecule has 0 fully saturated rings. The zero-order valence-electron chi connectivity index (χ0n) is 16.3. The zero-order chi connectivity index (χ0) is 23.5. The molecule has 3 N–H and O–H groups in total. The molecule has 4 aromatic rings. The lowest BCUT2D eigenvalue weighted by Gasteiger charge is -2.13. The van der Waals surface area contributed by atoms with Crippen molar-refractivity contribution in [2.45, 2.75) is 0 Å². The lowest BCUT2D eigenvalue weighted by Crippen LogP contribution is -2.08. The third-order valence-electron chi connectivity index (χ3n) is 4.17. The van der Waals surface area contributed by atoms with Crippen LogP contribution in [0.5, 0.6) is 0 Å². The van der Waals surface area contributed by atoms with Crippen LogP contribution in [0.25, 0.3) is 0 Å². The van der Waals surface area contributed by atoms with E-state index < -0.39 is 0 Å². The second-order valence-electron chi connectivity index (χ2n) is 6.55. The molecule has 0 atom stereocenters. The van der Waals surface area contributed by atoms with Crippen LogP contribution in [-0.2, 0) is 0 Å². The standard InChI is InChI=1S/C21H12Cl6N6/c22-10-1-4-16(13(25)7-10)28-19-31-20(29-17-5-2-11(23)8-14(17)26)33-21(32-19)30-18-6-3-12(24)9-15(18)27/h1-9H,(H3,28,29,30,31,32,33). The van der Waals surface area contributed by atoms with Gasteiger partial charge in [0, 0.05) is 15.1 Å². The van der Waals surface area contributed by atoms with Gasteiger partial charge in [-0.25, -0.2) is 0 Å². The van der Waals surface area contributed by atoms with Crippen molar-refractivity contribution in [3.63, 3.8) is 0 Å². The summed E-state index contributed by atoms with van der Waals surface area (Å²) in [6.07, 6.45) is 0. The molecular formula is C21H12Cl6N6. The Bertz CT molecular complexity index is 1160.